The number of aryl methyl sites for hydroxylation is 1. The maximum atomic E-state index is 9.57. The standard InChI is InChI=1S/C18H20N4O2/c1-4-14-16-15(11-5-7-12(8-6-11)23-10(2)3)13(9-19)17(20)24-18(16)22-21-14/h5-8,10,15H,4,20H2,1-3H3,(H,21,22)/t15-/m0/s1. The summed E-state index contributed by atoms with van der Waals surface area (Å²) in [5.41, 5.74) is 9.10. The highest BCUT2D eigenvalue weighted by molar-refractivity contribution is 5.55. The van der Waals surface area contributed by atoms with E-state index in [4.69, 9.17) is 15.2 Å². The normalized spacial score (nSPS) is 16.5. The SMILES string of the molecule is CCc1[nH]nc2c1[C@@H](c1ccc(OC(C)C)cc1)C(C#N)=C(N)O2. The van der Waals surface area contributed by atoms with E-state index in [1.54, 1.807) is 0 Å². The van der Waals surface area contributed by atoms with Crippen molar-refractivity contribution in [3.63, 3.8) is 0 Å². The van der Waals surface area contributed by atoms with E-state index in [9.17, 15) is 5.26 Å². The lowest BCUT2D eigenvalue weighted by atomic mass is 9.83. The van der Waals surface area contributed by atoms with Gasteiger partial charge < -0.3 is 15.2 Å². The van der Waals surface area contributed by atoms with Gasteiger partial charge in [-0.05, 0) is 38.0 Å². The van der Waals surface area contributed by atoms with Gasteiger partial charge in [0.25, 0.3) is 0 Å². The largest absolute Gasteiger partial charge is 0.491 e. The number of H-pyrrole nitrogens is 1. The number of nitrogens with one attached hydrogen (secondary N) is 1. The molecule has 0 spiro atoms. The van der Waals surface area contributed by atoms with Gasteiger partial charge in [0.15, 0.2) is 0 Å². The van der Waals surface area contributed by atoms with E-state index in [-0.39, 0.29) is 17.9 Å². The molecule has 2 heterocycles. The summed E-state index contributed by atoms with van der Waals surface area (Å²) in [5.74, 6) is 1.04. The average molecular weight is 324 g/mol. The highest BCUT2D eigenvalue weighted by Crippen LogP contribution is 2.43. The molecule has 0 saturated heterocycles. The molecule has 2 aromatic rings. The Bertz CT molecular complexity index is 813. The summed E-state index contributed by atoms with van der Waals surface area (Å²) in [6.07, 6.45) is 0.867. The molecule has 124 valence electrons. The van der Waals surface area contributed by atoms with Gasteiger partial charge in [-0.15, -0.1) is 5.10 Å². The number of hydrogen-bond donors (Lipinski definition) is 2. The number of nitrogens with zero attached hydrogens (tertiary/aromatic N) is 2. The molecule has 3 rings (SSSR count). The third-order valence-electron chi connectivity index (χ3n) is 3.96. The van der Waals surface area contributed by atoms with Crippen molar-refractivity contribution in [2.24, 2.45) is 5.73 Å². The van der Waals surface area contributed by atoms with Gasteiger partial charge in [-0.1, -0.05) is 19.1 Å². The molecule has 0 fully saturated rings. The van der Waals surface area contributed by atoms with E-state index >= 15 is 0 Å². The summed E-state index contributed by atoms with van der Waals surface area (Å²) in [7, 11) is 0. The summed E-state index contributed by atoms with van der Waals surface area (Å²) in [4.78, 5) is 0. The zero-order valence-corrected chi connectivity index (χ0v) is 14.0. The number of rotatable bonds is 4. The lowest BCUT2D eigenvalue weighted by Crippen LogP contribution is -2.21. The van der Waals surface area contributed by atoms with Gasteiger partial charge in [0.2, 0.25) is 11.8 Å². The summed E-state index contributed by atoms with van der Waals surface area (Å²) in [5, 5.41) is 16.7. The molecule has 0 aliphatic carbocycles. The van der Waals surface area contributed by atoms with Crippen molar-refractivity contribution in [2.45, 2.75) is 39.2 Å². The number of aromatic amines is 1. The molecule has 1 aliphatic heterocycles. The van der Waals surface area contributed by atoms with Crippen LogP contribution >= 0.6 is 0 Å². The van der Waals surface area contributed by atoms with Crippen LogP contribution in [0.5, 0.6) is 11.6 Å². The highest BCUT2D eigenvalue weighted by Gasteiger charge is 2.34. The fourth-order valence-corrected chi connectivity index (χ4v) is 2.92. The monoisotopic (exact) mass is 324 g/mol. The van der Waals surface area contributed by atoms with Crippen LogP contribution in [-0.2, 0) is 6.42 Å². The molecule has 1 aromatic carbocycles. The van der Waals surface area contributed by atoms with Crippen molar-refractivity contribution in [3.05, 3.63) is 52.5 Å². The van der Waals surface area contributed by atoms with Crippen molar-refractivity contribution in [2.75, 3.05) is 0 Å². The molecule has 0 radical (unpaired) electrons. The lowest BCUT2D eigenvalue weighted by molar-refractivity contribution is 0.242. The quantitative estimate of drug-likeness (QED) is 0.901. The number of ether oxygens (including phenoxy) is 2. The van der Waals surface area contributed by atoms with Crippen molar-refractivity contribution in [1.29, 1.82) is 5.26 Å². The number of allylic oxidation sites excluding steroid dienone is 1. The first-order chi connectivity index (χ1) is 11.5. The van der Waals surface area contributed by atoms with Gasteiger partial charge in [0.05, 0.1) is 12.0 Å². The van der Waals surface area contributed by atoms with Crippen molar-refractivity contribution >= 4 is 0 Å². The van der Waals surface area contributed by atoms with E-state index in [1.807, 2.05) is 45.0 Å². The molecule has 0 unspecified atom stereocenters. The second-order valence-electron chi connectivity index (χ2n) is 5.93. The first kappa shape index (κ1) is 15.9. The molecule has 24 heavy (non-hydrogen) atoms. The van der Waals surface area contributed by atoms with E-state index < -0.39 is 0 Å². The van der Waals surface area contributed by atoms with Crippen LogP contribution in [0.25, 0.3) is 0 Å². The third-order valence-corrected chi connectivity index (χ3v) is 3.96. The Hall–Kier alpha value is -2.94. The fourth-order valence-electron chi connectivity index (χ4n) is 2.92. The molecule has 0 amide bonds. The van der Waals surface area contributed by atoms with Crippen LogP contribution in [-0.4, -0.2) is 16.3 Å². The number of nitrogens with two attached hydrogens (primary N) is 1. The Kier molecular flexibility index (Phi) is 4.17. The van der Waals surface area contributed by atoms with Crippen LogP contribution in [0.4, 0.5) is 0 Å². The Labute approximate surface area is 140 Å². The van der Waals surface area contributed by atoms with Crippen LogP contribution in [0.2, 0.25) is 0 Å². The molecule has 3 N–H and O–H groups in total. The minimum absolute atomic E-state index is 0.103. The van der Waals surface area contributed by atoms with Gasteiger partial charge in [-0.25, -0.2) is 0 Å². The summed E-state index contributed by atoms with van der Waals surface area (Å²) < 4.78 is 11.2. The average Bonchev–Trinajstić information content (AvgIpc) is 2.96. The van der Waals surface area contributed by atoms with Gasteiger partial charge in [-0.2, -0.15) is 5.26 Å². The van der Waals surface area contributed by atoms with E-state index in [0.29, 0.717) is 11.5 Å². The Morgan fingerprint density at radius 3 is 2.67 bits per heavy atom. The second kappa shape index (κ2) is 6.28. The van der Waals surface area contributed by atoms with Crippen LogP contribution in [0.1, 0.15) is 43.5 Å². The molecule has 1 aromatic heterocycles. The summed E-state index contributed by atoms with van der Waals surface area (Å²) in [6.45, 7) is 5.99. The van der Waals surface area contributed by atoms with Crippen LogP contribution in [0.3, 0.4) is 0 Å². The molecular formula is C18H20N4O2. The zero-order valence-electron chi connectivity index (χ0n) is 14.0. The summed E-state index contributed by atoms with van der Waals surface area (Å²) in [6, 6.07) is 9.90. The maximum absolute atomic E-state index is 9.57. The Balaban J connectivity index is 2.07. The van der Waals surface area contributed by atoms with Crippen molar-refractivity contribution < 1.29 is 9.47 Å². The number of benzene rings is 1. The molecule has 0 saturated carbocycles. The number of hydrogen-bond acceptors (Lipinski definition) is 5. The third kappa shape index (κ3) is 2.69. The fraction of sp³-hybridized carbons (Fsp3) is 0.333. The predicted molar refractivity (Wildman–Crippen MR) is 89.5 cm³/mol. The highest BCUT2D eigenvalue weighted by atomic mass is 16.5. The zero-order chi connectivity index (χ0) is 17.3. The summed E-state index contributed by atoms with van der Waals surface area (Å²) >= 11 is 0. The van der Waals surface area contributed by atoms with Gasteiger partial charge in [0, 0.05) is 11.3 Å². The molecule has 6 nitrogen and oxygen atoms in total. The number of nitriles is 1. The van der Waals surface area contributed by atoms with E-state index in [0.717, 1.165) is 29.0 Å². The van der Waals surface area contributed by atoms with E-state index in [2.05, 4.69) is 16.3 Å². The Morgan fingerprint density at radius 1 is 1.38 bits per heavy atom. The first-order valence-corrected chi connectivity index (χ1v) is 7.96. The van der Waals surface area contributed by atoms with Crippen LogP contribution < -0.4 is 15.2 Å². The molecule has 1 aliphatic rings. The smallest absolute Gasteiger partial charge is 0.244 e. The van der Waals surface area contributed by atoms with Crippen LogP contribution in [0.15, 0.2) is 35.7 Å². The van der Waals surface area contributed by atoms with Gasteiger partial charge in [-0.3, -0.25) is 5.10 Å². The van der Waals surface area contributed by atoms with Gasteiger partial charge in [0.1, 0.15) is 17.4 Å². The van der Waals surface area contributed by atoms with Crippen molar-refractivity contribution in [1.82, 2.24) is 10.2 Å². The molecular weight excluding hydrogens is 304 g/mol. The first-order valence-electron chi connectivity index (χ1n) is 7.96. The minimum atomic E-state index is -0.291. The second-order valence-corrected chi connectivity index (χ2v) is 5.93. The molecule has 1 atom stereocenters. The van der Waals surface area contributed by atoms with E-state index in [1.165, 1.54) is 0 Å². The number of aromatic nitrogens is 2. The Morgan fingerprint density at radius 2 is 2.08 bits per heavy atom. The predicted octanol–water partition coefficient (Wildman–Crippen LogP) is 2.98. The number of fused-ring (bicyclic) bond motifs is 1. The minimum Gasteiger partial charge on any atom is -0.491 e. The van der Waals surface area contributed by atoms with Crippen molar-refractivity contribution in [3.8, 4) is 17.7 Å². The van der Waals surface area contributed by atoms with Gasteiger partial charge >= 0.3 is 0 Å². The molecule has 6 heteroatoms. The van der Waals surface area contributed by atoms with Crippen LogP contribution in [0, 0.1) is 11.3 Å². The molecule has 0 bridgehead atoms. The topological polar surface area (TPSA) is 97.0 Å². The lowest BCUT2D eigenvalue weighted by Gasteiger charge is -2.24. The maximum Gasteiger partial charge on any atom is 0.244 e.